The van der Waals surface area contributed by atoms with E-state index in [-0.39, 0.29) is 6.03 Å². The van der Waals surface area contributed by atoms with Gasteiger partial charge >= 0.3 is 6.03 Å². The second kappa shape index (κ2) is 8.54. The molecule has 1 aromatic heterocycles. The first-order chi connectivity index (χ1) is 12.6. The number of hydrogen-bond donors (Lipinski definition) is 3. The summed E-state index contributed by atoms with van der Waals surface area (Å²) in [5.41, 5.74) is 4.73. The number of rotatable bonds is 7. The summed E-state index contributed by atoms with van der Waals surface area (Å²) in [6.45, 7) is 2.00. The van der Waals surface area contributed by atoms with Crippen LogP contribution in [-0.2, 0) is 19.5 Å². The number of benzene rings is 2. The van der Waals surface area contributed by atoms with Crippen LogP contribution >= 0.6 is 0 Å². The fourth-order valence-corrected chi connectivity index (χ4v) is 3.11. The van der Waals surface area contributed by atoms with Crippen LogP contribution in [0.25, 0.3) is 10.9 Å². The summed E-state index contributed by atoms with van der Waals surface area (Å²) in [7, 11) is 4.09. The van der Waals surface area contributed by atoms with Gasteiger partial charge in [0.2, 0.25) is 0 Å². The summed E-state index contributed by atoms with van der Waals surface area (Å²) in [5, 5.41) is 7.11. The van der Waals surface area contributed by atoms with Crippen molar-refractivity contribution in [3.63, 3.8) is 0 Å². The minimum Gasteiger partial charge on any atom is -0.361 e. The van der Waals surface area contributed by atoms with Crippen LogP contribution in [0.2, 0.25) is 0 Å². The second-order valence-electron chi connectivity index (χ2n) is 6.73. The van der Waals surface area contributed by atoms with E-state index in [0.717, 1.165) is 24.0 Å². The highest BCUT2D eigenvalue weighted by atomic mass is 16.2. The average molecular weight is 350 g/mol. The molecule has 0 aliphatic rings. The summed E-state index contributed by atoms with van der Waals surface area (Å²) in [5.74, 6) is 0. The lowest BCUT2D eigenvalue weighted by Crippen LogP contribution is -2.36. The fourth-order valence-electron chi connectivity index (χ4n) is 3.11. The van der Waals surface area contributed by atoms with Crippen LogP contribution in [0, 0.1) is 0 Å². The summed E-state index contributed by atoms with van der Waals surface area (Å²) in [4.78, 5) is 17.5. The van der Waals surface area contributed by atoms with Crippen LogP contribution in [0.4, 0.5) is 4.79 Å². The molecule has 2 amide bonds. The molecule has 1 heterocycles. The third-order valence-corrected chi connectivity index (χ3v) is 4.40. The van der Waals surface area contributed by atoms with Crippen molar-refractivity contribution < 1.29 is 4.79 Å². The SMILES string of the molecule is CN(C)Cc1ccccc1CNC(=O)NCCc1c[nH]c2ccccc12. The molecular weight excluding hydrogens is 324 g/mol. The molecule has 0 fully saturated rings. The van der Waals surface area contributed by atoms with Gasteiger partial charge in [-0.2, -0.15) is 0 Å². The van der Waals surface area contributed by atoms with Gasteiger partial charge in [0.15, 0.2) is 0 Å². The minimum atomic E-state index is -0.135. The van der Waals surface area contributed by atoms with Gasteiger partial charge in [-0.15, -0.1) is 0 Å². The monoisotopic (exact) mass is 350 g/mol. The van der Waals surface area contributed by atoms with Gasteiger partial charge in [-0.1, -0.05) is 42.5 Å². The Morgan fingerprint density at radius 3 is 2.50 bits per heavy atom. The number of H-pyrrole nitrogens is 1. The molecule has 136 valence electrons. The van der Waals surface area contributed by atoms with Crippen LogP contribution in [0.1, 0.15) is 16.7 Å². The molecule has 0 atom stereocenters. The maximum Gasteiger partial charge on any atom is 0.315 e. The highest BCUT2D eigenvalue weighted by molar-refractivity contribution is 5.83. The molecule has 0 unspecified atom stereocenters. The molecule has 0 bridgehead atoms. The number of nitrogens with zero attached hydrogens (tertiary/aromatic N) is 1. The predicted molar refractivity (Wildman–Crippen MR) is 106 cm³/mol. The van der Waals surface area contributed by atoms with E-state index in [1.54, 1.807) is 0 Å². The fraction of sp³-hybridized carbons (Fsp3) is 0.286. The smallest absolute Gasteiger partial charge is 0.315 e. The molecule has 0 aliphatic heterocycles. The van der Waals surface area contributed by atoms with Crippen LogP contribution in [-0.4, -0.2) is 36.6 Å². The molecule has 2 aromatic carbocycles. The van der Waals surface area contributed by atoms with Crippen LogP contribution in [0.5, 0.6) is 0 Å². The Balaban J connectivity index is 1.48. The zero-order valence-electron chi connectivity index (χ0n) is 15.4. The van der Waals surface area contributed by atoms with Crippen molar-refractivity contribution in [1.29, 1.82) is 0 Å². The first-order valence-corrected chi connectivity index (χ1v) is 8.91. The maximum atomic E-state index is 12.1. The number of nitrogens with one attached hydrogen (secondary N) is 3. The van der Waals surface area contributed by atoms with Crippen molar-refractivity contribution in [2.24, 2.45) is 0 Å². The number of carbonyl (C=O) groups is 1. The molecule has 5 nitrogen and oxygen atoms in total. The Labute approximate surface area is 154 Å². The van der Waals surface area contributed by atoms with Gasteiger partial charge in [0.25, 0.3) is 0 Å². The van der Waals surface area contributed by atoms with Gasteiger partial charge in [0.1, 0.15) is 0 Å². The van der Waals surface area contributed by atoms with Crippen molar-refractivity contribution in [2.75, 3.05) is 20.6 Å². The van der Waals surface area contributed by atoms with E-state index >= 15 is 0 Å². The predicted octanol–water partition coefficient (Wildman–Crippen LogP) is 3.27. The summed E-state index contributed by atoms with van der Waals surface area (Å²) in [6.07, 6.45) is 2.82. The average Bonchev–Trinajstić information content (AvgIpc) is 3.04. The molecule has 0 radical (unpaired) electrons. The third-order valence-electron chi connectivity index (χ3n) is 4.40. The zero-order chi connectivity index (χ0) is 18.4. The third kappa shape index (κ3) is 4.64. The number of aromatic amines is 1. The van der Waals surface area contributed by atoms with Crippen molar-refractivity contribution in [3.05, 3.63) is 71.4 Å². The molecule has 0 saturated heterocycles. The van der Waals surface area contributed by atoms with Gasteiger partial charge < -0.3 is 20.5 Å². The number of fused-ring (bicyclic) bond motifs is 1. The lowest BCUT2D eigenvalue weighted by Gasteiger charge is -2.15. The first kappa shape index (κ1) is 18.0. The Bertz CT molecular complexity index is 869. The largest absolute Gasteiger partial charge is 0.361 e. The van der Waals surface area contributed by atoms with Crippen molar-refractivity contribution >= 4 is 16.9 Å². The van der Waals surface area contributed by atoms with E-state index in [1.807, 2.05) is 44.6 Å². The zero-order valence-corrected chi connectivity index (χ0v) is 15.4. The molecule has 3 rings (SSSR count). The summed E-state index contributed by atoms with van der Waals surface area (Å²) in [6, 6.07) is 16.3. The Morgan fingerprint density at radius 2 is 1.69 bits per heavy atom. The second-order valence-corrected chi connectivity index (χ2v) is 6.73. The summed E-state index contributed by atoms with van der Waals surface area (Å²) >= 11 is 0. The van der Waals surface area contributed by atoms with E-state index in [1.165, 1.54) is 16.5 Å². The maximum absolute atomic E-state index is 12.1. The number of hydrogen-bond acceptors (Lipinski definition) is 2. The Hall–Kier alpha value is -2.79. The number of urea groups is 1. The van der Waals surface area contributed by atoms with E-state index < -0.39 is 0 Å². The van der Waals surface area contributed by atoms with Crippen molar-refractivity contribution in [1.82, 2.24) is 20.5 Å². The molecule has 0 aliphatic carbocycles. The van der Waals surface area contributed by atoms with Gasteiger partial charge in [0.05, 0.1) is 0 Å². The van der Waals surface area contributed by atoms with Gasteiger partial charge in [0, 0.05) is 36.7 Å². The van der Waals surface area contributed by atoms with Crippen molar-refractivity contribution in [2.45, 2.75) is 19.5 Å². The number of carbonyl (C=O) groups excluding carboxylic acids is 1. The van der Waals surface area contributed by atoms with Crippen LogP contribution in [0.3, 0.4) is 0 Å². The van der Waals surface area contributed by atoms with E-state index in [9.17, 15) is 4.79 Å². The molecule has 0 saturated carbocycles. The topological polar surface area (TPSA) is 60.2 Å². The highest BCUT2D eigenvalue weighted by Gasteiger charge is 2.06. The highest BCUT2D eigenvalue weighted by Crippen LogP contribution is 2.17. The van der Waals surface area contributed by atoms with E-state index in [4.69, 9.17) is 0 Å². The Morgan fingerprint density at radius 1 is 0.962 bits per heavy atom. The van der Waals surface area contributed by atoms with Crippen LogP contribution < -0.4 is 10.6 Å². The molecule has 3 aromatic rings. The normalized spacial score (nSPS) is 11.0. The molecule has 0 spiro atoms. The standard InChI is InChI=1S/C21H26N4O/c1-25(2)15-18-8-4-3-7-16(18)13-24-21(26)22-12-11-17-14-23-20-10-6-5-9-19(17)20/h3-10,14,23H,11-13,15H2,1-2H3,(H2,22,24,26). The lowest BCUT2D eigenvalue weighted by atomic mass is 10.1. The first-order valence-electron chi connectivity index (χ1n) is 8.91. The molecule has 5 heteroatoms. The van der Waals surface area contributed by atoms with Gasteiger partial charge in [-0.25, -0.2) is 4.79 Å². The number of amides is 2. The van der Waals surface area contributed by atoms with Crippen molar-refractivity contribution in [3.8, 4) is 0 Å². The van der Waals surface area contributed by atoms with Gasteiger partial charge in [-0.3, -0.25) is 0 Å². The molecular formula is C21H26N4O. The quantitative estimate of drug-likeness (QED) is 0.612. The number of aromatic nitrogens is 1. The van der Waals surface area contributed by atoms with E-state index in [2.05, 4.69) is 44.8 Å². The Kier molecular flexibility index (Phi) is 5.92. The molecule has 26 heavy (non-hydrogen) atoms. The minimum absolute atomic E-state index is 0.135. The summed E-state index contributed by atoms with van der Waals surface area (Å²) < 4.78 is 0. The molecule has 3 N–H and O–H groups in total. The van der Waals surface area contributed by atoms with Crippen LogP contribution in [0.15, 0.2) is 54.7 Å². The lowest BCUT2D eigenvalue weighted by molar-refractivity contribution is 0.240. The van der Waals surface area contributed by atoms with E-state index in [0.29, 0.717) is 13.1 Å². The van der Waals surface area contributed by atoms with Gasteiger partial charge in [-0.05, 0) is 43.3 Å². The number of para-hydroxylation sites is 1.